The zero-order chi connectivity index (χ0) is 16.8. The van der Waals surface area contributed by atoms with Crippen LogP contribution in [0.3, 0.4) is 0 Å². The van der Waals surface area contributed by atoms with Gasteiger partial charge in [-0.05, 0) is 25.0 Å². The third-order valence-corrected chi connectivity index (χ3v) is 4.49. The summed E-state index contributed by atoms with van der Waals surface area (Å²) < 4.78 is 5.51. The molecule has 0 aliphatic carbocycles. The molecule has 2 saturated heterocycles. The molecule has 0 spiro atoms. The van der Waals surface area contributed by atoms with Crippen molar-refractivity contribution >= 4 is 11.7 Å². The number of amides is 1. The van der Waals surface area contributed by atoms with Gasteiger partial charge in [-0.3, -0.25) is 9.69 Å². The fourth-order valence-electron chi connectivity index (χ4n) is 3.09. The number of nitriles is 1. The van der Waals surface area contributed by atoms with Crippen LogP contribution < -0.4 is 10.2 Å². The molecule has 0 unspecified atom stereocenters. The SMILES string of the molecule is N#Cc1ccnc(N2CCN(CC(=O)NC[C@H]3CCCO3)CC2)c1. The maximum Gasteiger partial charge on any atom is 0.234 e. The van der Waals surface area contributed by atoms with Crippen molar-refractivity contribution in [2.45, 2.75) is 18.9 Å². The van der Waals surface area contributed by atoms with Gasteiger partial charge in [-0.15, -0.1) is 0 Å². The van der Waals surface area contributed by atoms with E-state index in [9.17, 15) is 4.79 Å². The first-order valence-corrected chi connectivity index (χ1v) is 8.46. The Bertz CT molecular complexity index is 601. The smallest absolute Gasteiger partial charge is 0.234 e. The highest BCUT2D eigenvalue weighted by Gasteiger charge is 2.21. The van der Waals surface area contributed by atoms with E-state index in [0.717, 1.165) is 51.4 Å². The van der Waals surface area contributed by atoms with Crippen LogP contribution >= 0.6 is 0 Å². The van der Waals surface area contributed by atoms with E-state index in [1.807, 2.05) is 6.07 Å². The van der Waals surface area contributed by atoms with Gasteiger partial charge in [0, 0.05) is 45.5 Å². The lowest BCUT2D eigenvalue weighted by Crippen LogP contribution is -2.50. The second-order valence-electron chi connectivity index (χ2n) is 6.22. The van der Waals surface area contributed by atoms with Gasteiger partial charge in [-0.1, -0.05) is 0 Å². The minimum atomic E-state index is 0.0588. The molecule has 1 aromatic heterocycles. The van der Waals surface area contributed by atoms with Crippen LogP contribution in [-0.4, -0.2) is 67.8 Å². The number of anilines is 1. The van der Waals surface area contributed by atoms with Crippen molar-refractivity contribution in [3.8, 4) is 6.07 Å². The topological polar surface area (TPSA) is 81.5 Å². The zero-order valence-electron chi connectivity index (χ0n) is 13.8. The average molecular weight is 329 g/mol. The Kier molecular flexibility index (Phi) is 5.62. The van der Waals surface area contributed by atoms with Crippen LogP contribution in [-0.2, 0) is 9.53 Å². The van der Waals surface area contributed by atoms with Gasteiger partial charge in [0.1, 0.15) is 5.82 Å². The standard InChI is InChI=1S/C17H23N5O2/c18-11-14-3-4-19-16(10-14)22-7-5-21(6-8-22)13-17(23)20-12-15-2-1-9-24-15/h3-4,10,15H,1-2,5-9,12-13H2,(H,20,23)/t15-/m1/s1. The van der Waals surface area contributed by atoms with Crippen LogP contribution in [0.4, 0.5) is 5.82 Å². The summed E-state index contributed by atoms with van der Waals surface area (Å²) in [5, 5.41) is 11.9. The molecule has 24 heavy (non-hydrogen) atoms. The van der Waals surface area contributed by atoms with E-state index in [0.29, 0.717) is 18.7 Å². The third-order valence-electron chi connectivity index (χ3n) is 4.49. The largest absolute Gasteiger partial charge is 0.376 e. The molecule has 7 heteroatoms. The maximum atomic E-state index is 12.0. The summed E-state index contributed by atoms with van der Waals surface area (Å²) in [4.78, 5) is 20.7. The Morgan fingerprint density at radius 2 is 2.25 bits per heavy atom. The Morgan fingerprint density at radius 3 is 2.96 bits per heavy atom. The fraction of sp³-hybridized carbons (Fsp3) is 0.588. The average Bonchev–Trinajstić information content (AvgIpc) is 3.14. The van der Waals surface area contributed by atoms with Gasteiger partial charge < -0.3 is 15.0 Å². The molecule has 1 aromatic rings. The highest BCUT2D eigenvalue weighted by Crippen LogP contribution is 2.15. The van der Waals surface area contributed by atoms with Crippen molar-refractivity contribution in [2.24, 2.45) is 0 Å². The number of ether oxygens (including phenoxy) is 1. The molecular formula is C17H23N5O2. The van der Waals surface area contributed by atoms with Crippen LogP contribution in [0.15, 0.2) is 18.3 Å². The number of nitrogens with zero attached hydrogens (tertiary/aromatic N) is 4. The Balaban J connectivity index is 1.41. The van der Waals surface area contributed by atoms with Gasteiger partial charge in [0.25, 0.3) is 0 Å². The molecule has 0 bridgehead atoms. The van der Waals surface area contributed by atoms with Crippen molar-refractivity contribution in [2.75, 3.05) is 50.8 Å². The lowest BCUT2D eigenvalue weighted by atomic mass is 10.2. The lowest BCUT2D eigenvalue weighted by Gasteiger charge is -2.35. The molecule has 1 amide bonds. The molecule has 128 valence electrons. The van der Waals surface area contributed by atoms with E-state index in [-0.39, 0.29) is 12.0 Å². The third kappa shape index (κ3) is 4.43. The number of nitrogens with one attached hydrogen (secondary N) is 1. The Labute approximate surface area is 142 Å². The van der Waals surface area contributed by atoms with Gasteiger partial charge in [0.15, 0.2) is 0 Å². The number of aromatic nitrogens is 1. The Hall–Kier alpha value is -2.17. The molecular weight excluding hydrogens is 306 g/mol. The minimum Gasteiger partial charge on any atom is -0.376 e. The number of carbonyl (C=O) groups is 1. The highest BCUT2D eigenvalue weighted by molar-refractivity contribution is 5.78. The van der Waals surface area contributed by atoms with Gasteiger partial charge in [-0.25, -0.2) is 4.98 Å². The first-order chi connectivity index (χ1) is 11.7. The monoisotopic (exact) mass is 329 g/mol. The van der Waals surface area contributed by atoms with Gasteiger partial charge in [0.2, 0.25) is 5.91 Å². The first kappa shape index (κ1) is 16.7. The number of piperazine rings is 1. The van der Waals surface area contributed by atoms with Crippen molar-refractivity contribution in [3.63, 3.8) is 0 Å². The summed E-state index contributed by atoms with van der Waals surface area (Å²) in [6.07, 6.45) is 3.97. The minimum absolute atomic E-state index is 0.0588. The number of carbonyl (C=O) groups excluding carboxylic acids is 1. The lowest BCUT2D eigenvalue weighted by molar-refractivity contribution is -0.122. The number of hydrogen-bond donors (Lipinski definition) is 1. The van der Waals surface area contributed by atoms with E-state index in [4.69, 9.17) is 10.00 Å². The van der Waals surface area contributed by atoms with E-state index in [2.05, 4.69) is 26.2 Å². The molecule has 7 nitrogen and oxygen atoms in total. The van der Waals surface area contributed by atoms with Crippen LogP contribution in [0.2, 0.25) is 0 Å². The molecule has 1 atom stereocenters. The molecule has 2 fully saturated rings. The van der Waals surface area contributed by atoms with E-state index in [1.165, 1.54) is 0 Å². The summed E-state index contributed by atoms with van der Waals surface area (Å²) in [7, 11) is 0. The summed E-state index contributed by atoms with van der Waals surface area (Å²) in [6.45, 7) is 5.08. The van der Waals surface area contributed by atoms with Crippen molar-refractivity contribution in [1.82, 2.24) is 15.2 Å². The number of pyridine rings is 1. The second-order valence-corrected chi connectivity index (χ2v) is 6.22. The number of rotatable bonds is 5. The summed E-state index contributed by atoms with van der Waals surface area (Å²) in [5.41, 5.74) is 0.621. The van der Waals surface area contributed by atoms with Gasteiger partial charge in [0.05, 0.1) is 24.3 Å². The van der Waals surface area contributed by atoms with E-state index in [1.54, 1.807) is 12.3 Å². The summed E-state index contributed by atoms with van der Waals surface area (Å²) in [5.74, 6) is 0.889. The molecule has 0 radical (unpaired) electrons. The van der Waals surface area contributed by atoms with Crippen LogP contribution in [0.25, 0.3) is 0 Å². The van der Waals surface area contributed by atoms with Crippen LogP contribution in [0, 0.1) is 11.3 Å². The molecule has 1 N–H and O–H groups in total. The van der Waals surface area contributed by atoms with Crippen LogP contribution in [0.5, 0.6) is 0 Å². The summed E-state index contributed by atoms with van der Waals surface area (Å²) in [6, 6.07) is 5.65. The molecule has 0 aromatic carbocycles. The van der Waals surface area contributed by atoms with Gasteiger partial charge >= 0.3 is 0 Å². The molecule has 3 rings (SSSR count). The number of hydrogen-bond acceptors (Lipinski definition) is 6. The highest BCUT2D eigenvalue weighted by atomic mass is 16.5. The Morgan fingerprint density at radius 1 is 1.42 bits per heavy atom. The quantitative estimate of drug-likeness (QED) is 0.841. The molecule has 0 saturated carbocycles. The zero-order valence-corrected chi connectivity index (χ0v) is 13.8. The first-order valence-electron chi connectivity index (χ1n) is 8.46. The van der Waals surface area contributed by atoms with E-state index >= 15 is 0 Å². The fourth-order valence-corrected chi connectivity index (χ4v) is 3.09. The summed E-state index contributed by atoms with van der Waals surface area (Å²) >= 11 is 0. The van der Waals surface area contributed by atoms with Gasteiger partial charge in [-0.2, -0.15) is 5.26 Å². The predicted molar refractivity (Wildman–Crippen MR) is 89.6 cm³/mol. The van der Waals surface area contributed by atoms with Crippen molar-refractivity contribution < 1.29 is 9.53 Å². The molecule has 2 aliphatic heterocycles. The van der Waals surface area contributed by atoms with Crippen molar-refractivity contribution in [3.05, 3.63) is 23.9 Å². The maximum absolute atomic E-state index is 12.0. The molecule has 3 heterocycles. The predicted octanol–water partition coefficient (Wildman–Crippen LogP) is 0.370. The normalized spacial score (nSPS) is 21.5. The second kappa shape index (κ2) is 8.08. The van der Waals surface area contributed by atoms with Crippen molar-refractivity contribution in [1.29, 1.82) is 5.26 Å². The molecule has 2 aliphatic rings. The van der Waals surface area contributed by atoms with Crippen LogP contribution in [0.1, 0.15) is 18.4 Å². The van der Waals surface area contributed by atoms with E-state index < -0.39 is 0 Å².